The predicted molar refractivity (Wildman–Crippen MR) is 80.9 cm³/mol. The molecule has 1 heterocycles. The smallest absolute Gasteiger partial charge is 0.170 e. The number of hydrogen-bond donors (Lipinski definition) is 3. The van der Waals surface area contributed by atoms with Gasteiger partial charge in [0.25, 0.3) is 0 Å². The van der Waals surface area contributed by atoms with Crippen LogP contribution in [0, 0.1) is 5.92 Å². The first-order valence-electron chi connectivity index (χ1n) is 7.15. The average molecular weight is 276 g/mol. The lowest BCUT2D eigenvalue weighted by atomic mass is 9.98. The number of likely N-dealkylation sites (tertiary alicyclic amines) is 1. The number of hydrogen-bond acceptors (Lipinski definition) is 4. The van der Waals surface area contributed by atoms with Crippen molar-refractivity contribution in [3.8, 4) is 0 Å². The fraction of sp³-hybridized carbons (Fsp3) is 0.533. The molecule has 20 heavy (non-hydrogen) atoms. The van der Waals surface area contributed by atoms with Gasteiger partial charge in [-0.25, -0.2) is 0 Å². The Morgan fingerprint density at radius 1 is 1.55 bits per heavy atom. The highest BCUT2D eigenvalue weighted by atomic mass is 16.4. The van der Waals surface area contributed by atoms with Crippen molar-refractivity contribution in [2.45, 2.75) is 19.4 Å². The SMILES string of the molecule is CN1CCCC(CNCc2cccc(C(N)=NO)c2)C1. The second-order valence-electron chi connectivity index (χ2n) is 5.59. The molecule has 1 aromatic carbocycles. The standard InChI is InChI=1S/C15H24N4O/c1-19-7-3-5-13(11-19)10-17-9-12-4-2-6-14(8-12)15(16)18-20/h2,4,6,8,13,17,20H,3,5,7,9-11H2,1H3,(H2,16,18). The van der Waals surface area contributed by atoms with E-state index in [1.54, 1.807) is 0 Å². The fourth-order valence-corrected chi connectivity index (χ4v) is 2.76. The third-order valence-corrected chi connectivity index (χ3v) is 3.81. The molecule has 1 aromatic rings. The summed E-state index contributed by atoms with van der Waals surface area (Å²) < 4.78 is 0. The van der Waals surface area contributed by atoms with E-state index in [-0.39, 0.29) is 5.84 Å². The zero-order valence-corrected chi connectivity index (χ0v) is 12.0. The minimum Gasteiger partial charge on any atom is -0.409 e. The largest absolute Gasteiger partial charge is 0.409 e. The third-order valence-electron chi connectivity index (χ3n) is 3.81. The lowest BCUT2D eigenvalue weighted by molar-refractivity contribution is 0.206. The normalized spacial score (nSPS) is 21.1. The molecule has 4 N–H and O–H groups in total. The Morgan fingerprint density at radius 3 is 3.15 bits per heavy atom. The molecule has 0 bridgehead atoms. The van der Waals surface area contributed by atoms with Crippen molar-refractivity contribution in [3.63, 3.8) is 0 Å². The van der Waals surface area contributed by atoms with Crippen LogP contribution >= 0.6 is 0 Å². The molecule has 1 fully saturated rings. The molecule has 0 aromatic heterocycles. The third kappa shape index (κ3) is 4.21. The summed E-state index contributed by atoms with van der Waals surface area (Å²) >= 11 is 0. The Morgan fingerprint density at radius 2 is 2.40 bits per heavy atom. The average Bonchev–Trinajstić information content (AvgIpc) is 2.47. The lowest BCUT2D eigenvalue weighted by Crippen LogP contribution is -2.37. The molecule has 0 aliphatic carbocycles. The molecule has 5 nitrogen and oxygen atoms in total. The Kier molecular flexibility index (Phi) is 5.38. The van der Waals surface area contributed by atoms with Gasteiger partial charge in [-0.05, 0) is 50.5 Å². The molecule has 2 rings (SSSR count). The maximum Gasteiger partial charge on any atom is 0.170 e. The summed E-state index contributed by atoms with van der Waals surface area (Å²) in [5.74, 6) is 0.891. The van der Waals surface area contributed by atoms with Crippen LogP contribution in [0.15, 0.2) is 29.4 Å². The summed E-state index contributed by atoms with van der Waals surface area (Å²) in [6.45, 7) is 4.25. The minimum atomic E-state index is 0.153. The van der Waals surface area contributed by atoms with Crippen LogP contribution in [0.3, 0.4) is 0 Å². The van der Waals surface area contributed by atoms with E-state index < -0.39 is 0 Å². The summed E-state index contributed by atoms with van der Waals surface area (Å²) in [5.41, 5.74) is 7.50. The second kappa shape index (κ2) is 7.26. The Labute approximate surface area is 120 Å². The van der Waals surface area contributed by atoms with E-state index in [0.717, 1.165) is 30.1 Å². The first-order valence-corrected chi connectivity index (χ1v) is 7.15. The van der Waals surface area contributed by atoms with E-state index >= 15 is 0 Å². The van der Waals surface area contributed by atoms with Crippen LogP contribution in [-0.4, -0.2) is 42.6 Å². The van der Waals surface area contributed by atoms with E-state index in [1.165, 1.54) is 25.9 Å². The summed E-state index contributed by atoms with van der Waals surface area (Å²) in [7, 11) is 2.19. The van der Waals surface area contributed by atoms with Gasteiger partial charge in [-0.1, -0.05) is 23.4 Å². The maximum atomic E-state index is 8.69. The van der Waals surface area contributed by atoms with Crippen molar-refractivity contribution >= 4 is 5.84 Å². The van der Waals surface area contributed by atoms with Gasteiger partial charge in [0.2, 0.25) is 0 Å². The molecule has 0 saturated carbocycles. The monoisotopic (exact) mass is 276 g/mol. The number of oxime groups is 1. The number of benzene rings is 1. The topological polar surface area (TPSA) is 73.9 Å². The van der Waals surface area contributed by atoms with Crippen LogP contribution in [0.5, 0.6) is 0 Å². The summed E-state index contributed by atoms with van der Waals surface area (Å²) in [6, 6.07) is 7.77. The lowest BCUT2D eigenvalue weighted by Gasteiger charge is -2.29. The summed E-state index contributed by atoms with van der Waals surface area (Å²) in [4.78, 5) is 2.40. The van der Waals surface area contributed by atoms with Crippen LogP contribution in [0.4, 0.5) is 0 Å². The van der Waals surface area contributed by atoms with Gasteiger partial charge >= 0.3 is 0 Å². The first-order chi connectivity index (χ1) is 9.69. The van der Waals surface area contributed by atoms with Crippen LogP contribution in [0.1, 0.15) is 24.0 Å². The Hall–Kier alpha value is -1.59. The predicted octanol–water partition coefficient (Wildman–Crippen LogP) is 1.21. The van der Waals surface area contributed by atoms with Gasteiger partial charge in [0.05, 0.1) is 0 Å². The number of nitrogens with zero attached hydrogens (tertiary/aromatic N) is 2. The van der Waals surface area contributed by atoms with Gasteiger partial charge in [0.15, 0.2) is 5.84 Å². The van der Waals surface area contributed by atoms with Gasteiger partial charge in [0.1, 0.15) is 0 Å². The summed E-state index contributed by atoms with van der Waals surface area (Å²) in [6.07, 6.45) is 2.60. The van der Waals surface area contributed by atoms with Crippen molar-refractivity contribution in [1.82, 2.24) is 10.2 Å². The molecule has 1 aliphatic heterocycles. The Bertz CT molecular complexity index is 461. The minimum absolute atomic E-state index is 0.153. The molecule has 1 atom stereocenters. The number of nitrogens with one attached hydrogen (secondary N) is 1. The van der Waals surface area contributed by atoms with Gasteiger partial charge in [-0.15, -0.1) is 0 Å². The van der Waals surface area contributed by atoms with Gasteiger partial charge in [-0.3, -0.25) is 0 Å². The zero-order chi connectivity index (χ0) is 14.4. The van der Waals surface area contributed by atoms with Crippen molar-refractivity contribution in [1.29, 1.82) is 0 Å². The van der Waals surface area contributed by atoms with Crippen molar-refractivity contribution < 1.29 is 5.21 Å². The van der Waals surface area contributed by atoms with Gasteiger partial charge in [0, 0.05) is 18.7 Å². The first kappa shape index (κ1) is 14.8. The van der Waals surface area contributed by atoms with E-state index in [4.69, 9.17) is 10.9 Å². The molecule has 0 spiro atoms. The van der Waals surface area contributed by atoms with Crippen LogP contribution in [-0.2, 0) is 6.54 Å². The highest BCUT2D eigenvalue weighted by Crippen LogP contribution is 2.14. The van der Waals surface area contributed by atoms with E-state index in [9.17, 15) is 0 Å². The molecule has 1 aliphatic rings. The molecule has 1 saturated heterocycles. The molecule has 5 heteroatoms. The molecule has 1 unspecified atom stereocenters. The maximum absolute atomic E-state index is 8.69. The van der Waals surface area contributed by atoms with E-state index in [1.807, 2.05) is 24.3 Å². The second-order valence-corrected chi connectivity index (χ2v) is 5.59. The highest BCUT2D eigenvalue weighted by Gasteiger charge is 2.16. The van der Waals surface area contributed by atoms with Crippen molar-refractivity contribution in [2.75, 3.05) is 26.7 Å². The number of rotatable bonds is 5. The van der Waals surface area contributed by atoms with Crippen molar-refractivity contribution in [2.24, 2.45) is 16.8 Å². The quantitative estimate of drug-likeness (QED) is 0.327. The highest BCUT2D eigenvalue weighted by molar-refractivity contribution is 5.97. The number of amidine groups is 1. The molecular formula is C15H24N4O. The van der Waals surface area contributed by atoms with Crippen LogP contribution in [0.2, 0.25) is 0 Å². The zero-order valence-electron chi connectivity index (χ0n) is 12.0. The van der Waals surface area contributed by atoms with E-state index in [2.05, 4.69) is 22.4 Å². The fourth-order valence-electron chi connectivity index (χ4n) is 2.76. The number of piperidine rings is 1. The molecular weight excluding hydrogens is 252 g/mol. The van der Waals surface area contributed by atoms with Crippen LogP contribution < -0.4 is 11.1 Å². The molecule has 110 valence electrons. The van der Waals surface area contributed by atoms with E-state index in [0.29, 0.717) is 0 Å². The van der Waals surface area contributed by atoms with Gasteiger partial charge < -0.3 is 21.2 Å². The molecule has 0 amide bonds. The molecule has 0 radical (unpaired) electrons. The summed E-state index contributed by atoms with van der Waals surface area (Å²) in [5, 5.41) is 15.2. The van der Waals surface area contributed by atoms with Gasteiger partial charge in [-0.2, -0.15) is 0 Å². The Balaban J connectivity index is 1.82. The van der Waals surface area contributed by atoms with Crippen molar-refractivity contribution in [3.05, 3.63) is 35.4 Å². The van der Waals surface area contributed by atoms with Crippen LogP contribution in [0.25, 0.3) is 0 Å². The number of nitrogens with two attached hydrogens (primary N) is 1.